The number of anilines is 2. The Kier molecular flexibility index (Phi) is 5.34. The van der Waals surface area contributed by atoms with Gasteiger partial charge < -0.3 is 15.5 Å². The first-order chi connectivity index (χ1) is 10.1. The molecule has 3 N–H and O–H groups in total. The number of aromatic nitrogens is 2. The summed E-state index contributed by atoms with van der Waals surface area (Å²) in [5.74, 6) is 0.889. The number of quaternary nitrogens is 1. The van der Waals surface area contributed by atoms with Gasteiger partial charge in [0.1, 0.15) is 0 Å². The van der Waals surface area contributed by atoms with Crippen LogP contribution in [0, 0.1) is 0 Å². The molecule has 3 rings (SSSR count). The van der Waals surface area contributed by atoms with Crippen molar-refractivity contribution in [2.24, 2.45) is 0 Å². The maximum absolute atomic E-state index is 6.22. The lowest BCUT2D eigenvalue weighted by Gasteiger charge is -2.39. The van der Waals surface area contributed by atoms with Gasteiger partial charge in [-0.05, 0) is 19.3 Å². The lowest BCUT2D eigenvalue weighted by molar-refractivity contribution is -0.894. The molecule has 0 spiro atoms. The highest BCUT2D eigenvalue weighted by Crippen LogP contribution is 2.26. The first-order valence-electron chi connectivity index (χ1n) is 8.18. The molecule has 1 saturated heterocycles. The highest BCUT2D eigenvalue weighted by atomic mass is 15.4. The lowest BCUT2D eigenvalue weighted by atomic mass is 10.1. The second-order valence-corrected chi connectivity index (χ2v) is 7.04. The molecule has 3 heterocycles. The normalized spacial score (nSPS) is 21.0. The predicted octanol–water partition coefficient (Wildman–Crippen LogP) is 1.24. The van der Waals surface area contributed by atoms with E-state index >= 15 is 0 Å². The van der Waals surface area contributed by atoms with Crippen molar-refractivity contribution in [3.8, 4) is 0 Å². The van der Waals surface area contributed by atoms with Crippen molar-refractivity contribution in [3.05, 3.63) is 5.69 Å². The molecule has 0 amide bonds. The number of nitrogens with one attached hydrogen (secondary N) is 1. The van der Waals surface area contributed by atoms with Gasteiger partial charge in [-0.1, -0.05) is 7.43 Å². The zero-order valence-electron chi connectivity index (χ0n) is 13.4. The third-order valence-corrected chi connectivity index (χ3v) is 4.90. The number of fused-ring (bicyclic) bond motifs is 1. The second-order valence-electron chi connectivity index (χ2n) is 7.04. The number of likely N-dealkylation sites (N-methyl/N-ethyl adjacent to an activating group) is 1. The van der Waals surface area contributed by atoms with Crippen molar-refractivity contribution in [3.63, 3.8) is 0 Å². The minimum absolute atomic E-state index is 0. The topological polar surface area (TPSA) is 59.1 Å². The van der Waals surface area contributed by atoms with Gasteiger partial charge in [-0.15, -0.1) is 0 Å². The van der Waals surface area contributed by atoms with Crippen LogP contribution in [-0.4, -0.2) is 72.5 Å². The fourth-order valence-corrected chi connectivity index (χ4v) is 3.25. The van der Waals surface area contributed by atoms with E-state index < -0.39 is 0 Å². The van der Waals surface area contributed by atoms with E-state index in [1.54, 1.807) is 0 Å². The molecule has 1 fully saturated rings. The first kappa shape index (κ1) is 17.1. The maximum Gasteiger partial charge on any atom is 0.171 e. The number of nitrogens with zero attached hydrogens (tertiary/aromatic N) is 4. The van der Waals surface area contributed by atoms with Crippen LogP contribution in [0.25, 0.3) is 0 Å². The van der Waals surface area contributed by atoms with E-state index in [4.69, 9.17) is 5.73 Å². The number of rotatable bonds is 4. The third kappa shape index (κ3) is 3.73. The number of piperazine rings is 1. The van der Waals surface area contributed by atoms with Crippen molar-refractivity contribution in [1.82, 2.24) is 14.7 Å². The number of hydrogen-bond donors (Lipinski definition) is 2. The van der Waals surface area contributed by atoms with E-state index in [1.807, 2.05) is 0 Å². The molecule has 0 radical (unpaired) electrons. The Morgan fingerprint density at radius 2 is 1.91 bits per heavy atom. The Labute approximate surface area is 134 Å². The van der Waals surface area contributed by atoms with Crippen LogP contribution in [0.4, 0.5) is 11.5 Å². The van der Waals surface area contributed by atoms with Gasteiger partial charge >= 0.3 is 0 Å². The molecular formula is C16H33N6+. The van der Waals surface area contributed by atoms with E-state index in [0.717, 1.165) is 42.0 Å². The van der Waals surface area contributed by atoms with Gasteiger partial charge in [0, 0.05) is 32.7 Å². The van der Waals surface area contributed by atoms with Gasteiger partial charge in [0.25, 0.3) is 0 Å². The summed E-state index contributed by atoms with van der Waals surface area (Å²) in [5, 5.41) is 8.05. The SMILES string of the molecule is C.C[N+]1(C)CCN(CCNc2nn3c(c2N)CCCC3)CC1. The van der Waals surface area contributed by atoms with E-state index in [9.17, 15) is 0 Å². The molecule has 0 atom stereocenters. The van der Waals surface area contributed by atoms with E-state index in [1.165, 1.54) is 44.7 Å². The summed E-state index contributed by atoms with van der Waals surface area (Å²) in [6.07, 6.45) is 3.52. The van der Waals surface area contributed by atoms with Gasteiger partial charge in [-0.25, -0.2) is 0 Å². The van der Waals surface area contributed by atoms with E-state index in [-0.39, 0.29) is 7.43 Å². The monoisotopic (exact) mass is 309 g/mol. The molecule has 0 aromatic carbocycles. The Morgan fingerprint density at radius 3 is 2.59 bits per heavy atom. The molecule has 2 aliphatic rings. The van der Waals surface area contributed by atoms with Crippen LogP contribution in [0.3, 0.4) is 0 Å². The Balaban J connectivity index is 0.00000176. The maximum atomic E-state index is 6.22. The largest absolute Gasteiger partial charge is 0.394 e. The molecule has 6 heteroatoms. The Morgan fingerprint density at radius 1 is 1.18 bits per heavy atom. The highest BCUT2D eigenvalue weighted by Gasteiger charge is 2.24. The quantitative estimate of drug-likeness (QED) is 0.822. The van der Waals surface area contributed by atoms with E-state index in [0.29, 0.717) is 0 Å². The molecule has 0 bridgehead atoms. The van der Waals surface area contributed by atoms with Crippen LogP contribution in [0.1, 0.15) is 26.0 Å². The van der Waals surface area contributed by atoms with E-state index in [2.05, 4.69) is 34.1 Å². The molecule has 6 nitrogen and oxygen atoms in total. The smallest absolute Gasteiger partial charge is 0.171 e. The minimum atomic E-state index is 0. The summed E-state index contributed by atoms with van der Waals surface area (Å²) in [6.45, 7) is 7.85. The Bertz CT molecular complexity index is 483. The van der Waals surface area contributed by atoms with Crippen LogP contribution in [-0.2, 0) is 13.0 Å². The van der Waals surface area contributed by atoms with Crippen molar-refractivity contribution in [1.29, 1.82) is 0 Å². The summed E-state index contributed by atoms with van der Waals surface area (Å²) in [5.41, 5.74) is 8.31. The molecule has 1 aromatic rings. The van der Waals surface area contributed by atoms with Crippen LogP contribution in [0.2, 0.25) is 0 Å². The van der Waals surface area contributed by atoms with Crippen LogP contribution >= 0.6 is 0 Å². The van der Waals surface area contributed by atoms with Crippen molar-refractivity contribution in [2.45, 2.75) is 33.2 Å². The molecular weight excluding hydrogens is 276 g/mol. The molecule has 1 aromatic heterocycles. The summed E-state index contributed by atoms with van der Waals surface area (Å²) < 4.78 is 3.23. The van der Waals surface area contributed by atoms with Gasteiger partial charge in [-0.2, -0.15) is 5.10 Å². The average molecular weight is 309 g/mol. The predicted molar refractivity (Wildman–Crippen MR) is 93.1 cm³/mol. The Hall–Kier alpha value is -1.27. The summed E-state index contributed by atoms with van der Waals surface area (Å²) in [6, 6.07) is 0. The second kappa shape index (κ2) is 6.87. The van der Waals surface area contributed by atoms with Crippen LogP contribution in [0.5, 0.6) is 0 Å². The average Bonchev–Trinajstić information content (AvgIpc) is 2.78. The summed E-state index contributed by atoms with van der Waals surface area (Å²) in [7, 11) is 4.62. The number of nitrogens with two attached hydrogens (primary N) is 1. The molecule has 22 heavy (non-hydrogen) atoms. The lowest BCUT2D eigenvalue weighted by Crippen LogP contribution is -2.55. The van der Waals surface area contributed by atoms with Gasteiger partial charge in [0.15, 0.2) is 5.82 Å². The fraction of sp³-hybridized carbons (Fsp3) is 0.812. The van der Waals surface area contributed by atoms with Crippen molar-refractivity contribution < 1.29 is 4.48 Å². The molecule has 126 valence electrons. The number of aryl methyl sites for hydroxylation is 1. The fourth-order valence-electron chi connectivity index (χ4n) is 3.25. The van der Waals surface area contributed by atoms with Crippen molar-refractivity contribution >= 4 is 11.5 Å². The first-order valence-corrected chi connectivity index (χ1v) is 8.18. The van der Waals surface area contributed by atoms with Gasteiger partial charge in [0.05, 0.1) is 38.6 Å². The molecule has 0 saturated carbocycles. The summed E-state index contributed by atoms with van der Waals surface area (Å²) >= 11 is 0. The number of nitrogen functional groups attached to an aromatic ring is 1. The third-order valence-electron chi connectivity index (χ3n) is 4.90. The minimum Gasteiger partial charge on any atom is -0.394 e. The van der Waals surface area contributed by atoms with Crippen LogP contribution in [0.15, 0.2) is 0 Å². The standard InChI is InChI=1S/C15H29N6.CH4/c1-21(2)11-9-19(10-12-21)8-6-17-15-14(16)13-5-3-4-7-20(13)18-15;/h3-12,16H2,1-2H3,(H,17,18);1H4/q+1;. The molecule has 2 aliphatic heterocycles. The summed E-state index contributed by atoms with van der Waals surface area (Å²) in [4.78, 5) is 2.53. The highest BCUT2D eigenvalue weighted by molar-refractivity contribution is 5.64. The van der Waals surface area contributed by atoms with Gasteiger partial charge in [-0.3, -0.25) is 9.58 Å². The number of hydrogen-bond acceptors (Lipinski definition) is 4. The zero-order valence-corrected chi connectivity index (χ0v) is 13.4. The zero-order chi connectivity index (χ0) is 14.9. The van der Waals surface area contributed by atoms with Crippen molar-refractivity contribution in [2.75, 3.05) is 64.4 Å². The van der Waals surface area contributed by atoms with Gasteiger partial charge in [0.2, 0.25) is 0 Å². The molecule has 0 unspecified atom stereocenters. The van der Waals surface area contributed by atoms with Crippen LogP contribution < -0.4 is 11.1 Å². The molecule has 0 aliphatic carbocycles.